The summed E-state index contributed by atoms with van der Waals surface area (Å²) in [6, 6.07) is 6.16. The third-order valence-electron chi connectivity index (χ3n) is 2.87. The van der Waals surface area contributed by atoms with Gasteiger partial charge in [0, 0.05) is 6.07 Å². The van der Waals surface area contributed by atoms with Crippen LogP contribution >= 0.6 is 0 Å². The summed E-state index contributed by atoms with van der Waals surface area (Å²) in [4.78, 5) is 10.3. The molecule has 17 heavy (non-hydrogen) atoms. The summed E-state index contributed by atoms with van der Waals surface area (Å²) in [5.41, 5.74) is -1.01. The van der Waals surface area contributed by atoms with Gasteiger partial charge in [0.1, 0.15) is 6.61 Å². The summed E-state index contributed by atoms with van der Waals surface area (Å²) in [7, 11) is 0. The first-order valence-corrected chi connectivity index (χ1v) is 5.61. The Hall–Kier alpha value is -1.62. The molecule has 0 aliphatic carbocycles. The summed E-state index contributed by atoms with van der Waals surface area (Å²) in [6.45, 7) is 3.77. The van der Waals surface area contributed by atoms with E-state index in [-0.39, 0.29) is 18.0 Å². The molecular formula is C12H17NO4. The van der Waals surface area contributed by atoms with Crippen LogP contribution in [0.3, 0.4) is 0 Å². The SMILES string of the molecule is CCC(O)(CC)COc1ccccc1[N+](=O)[O-]. The lowest BCUT2D eigenvalue weighted by atomic mass is 9.99. The van der Waals surface area contributed by atoms with Crippen LogP contribution in [0.15, 0.2) is 24.3 Å². The topological polar surface area (TPSA) is 72.6 Å². The zero-order chi connectivity index (χ0) is 12.9. The fraction of sp³-hybridized carbons (Fsp3) is 0.500. The van der Waals surface area contributed by atoms with Crippen LogP contribution in [0.5, 0.6) is 5.75 Å². The van der Waals surface area contributed by atoms with E-state index in [9.17, 15) is 15.2 Å². The maximum absolute atomic E-state index is 10.7. The molecule has 0 atom stereocenters. The molecule has 0 unspecified atom stereocenters. The van der Waals surface area contributed by atoms with Gasteiger partial charge in [0.15, 0.2) is 5.75 Å². The molecule has 0 aromatic heterocycles. The van der Waals surface area contributed by atoms with Crippen LogP contribution in [-0.2, 0) is 0 Å². The molecule has 5 heteroatoms. The molecule has 0 saturated carbocycles. The van der Waals surface area contributed by atoms with Gasteiger partial charge < -0.3 is 9.84 Å². The normalized spacial score (nSPS) is 11.2. The van der Waals surface area contributed by atoms with Crippen molar-refractivity contribution in [1.82, 2.24) is 0 Å². The second-order valence-electron chi connectivity index (χ2n) is 3.94. The van der Waals surface area contributed by atoms with Gasteiger partial charge >= 0.3 is 5.69 Å². The summed E-state index contributed by atoms with van der Waals surface area (Å²) >= 11 is 0. The van der Waals surface area contributed by atoms with Crippen LogP contribution in [0.4, 0.5) is 5.69 Å². The molecule has 1 N–H and O–H groups in total. The average Bonchev–Trinajstić information content (AvgIpc) is 2.36. The third kappa shape index (κ3) is 3.42. The summed E-state index contributed by atoms with van der Waals surface area (Å²) in [6.07, 6.45) is 1.09. The summed E-state index contributed by atoms with van der Waals surface area (Å²) in [5.74, 6) is 0.192. The minimum Gasteiger partial charge on any atom is -0.484 e. The van der Waals surface area contributed by atoms with Crippen LogP contribution < -0.4 is 4.74 Å². The minimum absolute atomic E-state index is 0.0604. The highest BCUT2D eigenvalue weighted by atomic mass is 16.6. The second kappa shape index (κ2) is 5.63. The Morgan fingerprint density at radius 3 is 2.47 bits per heavy atom. The van der Waals surface area contributed by atoms with E-state index in [4.69, 9.17) is 4.74 Å². The van der Waals surface area contributed by atoms with Crippen molar-refractivity contribution < 1.29 is 14.8 Å². The van der Waals surface area contributed by atoms with E-state index >= 15 is 0 Å². The fourth-order valence-electron chi connectivity index (χ4n) is 1.40. The van der Waals surface area contributed by atoms with E-state index < -0.39 is 10.5 Å². The Balaban J connectivity index is 2.79. The largest absolute Gasteiger partial charge is 0.484 e. The quantitative estimate of drug-likeness (QED) is 0.611. The van der Waals surface area contributed by atoms with Crippen molar-refractivity contribution in [2.75, 3.05) is 6.61 Å². The van der Waals surface area contributed by atoms with Gasteiger partial charge in [-0.3, -0.25) is 10.1 Å². The van der Waals surface area contributed by atoms with Crippen molar-refractivity contribution in [2.24, 2.45) is 0 Å². The Bertz CT molecular complexity index is 388. The highest BCUT2D eigenvalue weighted by molar-refractivity contribution is 5.45. The highest BCUT2D eigenvalue weighted by Crippen LogP contribution is 2.27. The van der Waals surface area contributed by atoms with Crippen LogP contribution in [0.25, 0.3) is 0 Å². The molecule has 94 valence electrons. The van der Waals surface area contributed by atoms with E-state index in [0.29, 0.717) is 12.8 Å². The van der Waals surface area contributed by atoms with Gasteiger partial charge in [0.2, 0.25) is 0 Å². The van der Waals surface area contributed by atoms with Gasteiger partial charge in [-0.2, -0.15) is 0 Å². The molecule has 5 nitrogen and oxygen atoms in total. The number of nitro groups is 1. The predicted molar refractivity (Wildman–Crippen MR) is 64.1 cm³/mol. The van der Waals surface area contributed by atoms with Crippen LogP contribution in [0, 0.1) is 10.1 Å². The van der Waals surface area contributed by atoms with E-state index in [1.807, 2.05) is 13.8 Å². The van der Waals surface area contributed by atoms with Gasteiger partial charge in [-0.25, -0.2) is 0 Å². The van der Waals surface area contributed by atoms with E-state index in [1.165, 1.54) is 12.1 Å². The summed E-state index contributed by atoms with van der Waals surface area (Å²) in [5, 5.41) is 20.8. The number of aliphatic hydroxyl groups is 1. The van der Waals surface area contributed by atoms with E-state index in [0.717, 1.165) is 0 Å². The monoisotopic (exact) mass is 239 g/mol. The number of nitro benzene ring substituents is 1. The van der Waals surface area contributed by atoms with Gasteiger partial charge in [0.25, 0.3) is 0 Å². The number of para-hydroxylation sites is 2. The number of rotatable bonds is 6. The number of hydrogen-bond acceptors (Lipinski definition) is 4. The van der Waals surface area contributed by atoms with Crippen molar-refractivity contribution in [3.8, 4) is 5.75 Å². The number of hydrogen-bond donors (Lipinski definition) is 1. The third-order valence-corrected chi connectivity index (χ3v) is 2.87. The second-order valence-corrected chi connectivity index (χ2v) is 3.94. The Morgan fingerprint density at radius 2 is 1.94 bits per heavy atom. The molecule has 0 amide bonds. The molecule has 1 aromatic carbocycles. The molecule has 0 spiro atoms. The maximum atomic E-state index is 10.7. The van der Waals surface area contributed by atoms with Crippen molar-refractivity contribution in [3.63, 3.8) is 0 Å². The molecule has 1 rings (SSSR count). The number of benzene rings is 1. The van der Waals surface area contributed by atoms with Crippen molar-refractivity contribution in [1.29, 1.82) is 0 Å². The minimum atomic E-state index is -0.927. The summed E-state index contributed by atoms with van der Waals surface area (Å²) < 4.78 is 5.35. The Morgan fingerprint density at radius 1 is 1.35 bits per heavy atom. The first kappa shape index (κ1) is 13.4. The van der Waals surface area contributed by atoms with Crippen LogP contribution in [-0.4, -0.2) is 22.2 Å². The zero-order valence-corrected chi connectivity index (χ0v) is 10.0. The molecule has 0 aliphatic heterocycles. The molecule has 1 aromatic rings. The van der Waals surface area contributed by atoms with Gasteiger partial charge in [-0.05, 0) is 18.9 Å². The average molecular weight is 239 g/mol. The predicted octanol–water partition coefficient (Wildman–Crippen LogP) is 2.52. The van der Waals surface area contributed by atoms with Crippen molar-refractivity contribution in [3.05, 3.63) is 34.4 Å². The van der Waals surface area contributed by atoms with Gasteiger partial charge in [0.05, 0.1) is 10.5 Å². The molecule has 0 heterocycles. The number of ether oxygens (including phenoxy) is 1. The Labute approximate surface area is 100 Å². The first-order valence-electron chi connectivity index (χ1n) is 5.61. The van der Waals surface area contributed by atoms with Gasteiger partial charge in [-0.15, -0.1) is 0 Å². The molecule has 0 aliphatic rings. The first-order chi connectivity index (χ1) is 8.02. The molecule has 0 saturated heterocycles. The van der Waals surface area contributed by atoms with Crippen LogP contribution in [0.2, 0.25) is 0 Å². The molecule has 0 bridgehead atoms. The van der Waals surface area contributed by atoms with E-state index in [2.05, 4.69) is 0 Å². The fourth-order valence-corrected chi connectivity index (χ4v) is 1.40. The number of nitrogens with zero attached hydrogens (tertiary/aromatic N) is 1. The molecule has 0 radical (unpaired) electrons. The Kier molecular flexibility index (Phi) is 4.45. The van der Waals surface area contributed by atoms with Crippen molar-refractivity contribution >= 4 is 5.69 Å². The smallest absolute Gasteiger partial charge is 0.310 e. The lowest BCUT2D eigenvalue weighted by Gasteiger charge is -2.24. The maximum Gasteiger partial charge on any atom is 0.310 e. The standard InChI is InChI=1S/C12H17NO4/c1-3-12(14,4-2)9-17-11-8-6-5-7-10(11)13(15)16/h5-8,14H,3-4,9H2,1-2H3. The lowest BCUT2D eigenvalue weighted by molar-refractivity contribution is -0.386. The molecular weight excluding hydrogens is 222 g/mol. The van der Waals surface area contributed by atoms with E-state index in [1.54, 1.807) is 12.1 Å². The molecule has 0 fully saturated rings. The van der Waals surface area contributed by atoms with Crippen molar-refractivity contribution in [2.45, 2.75) is 32.3 Å². The zero-order valence-electron chi connectivity index (χ0n) is 10.0. The van der Waals surface area contributed by atoms with Crippen LogP contribution in [0.1, 0.15) is 26.7 Å². The lowest BCUT2D eigenvalue weighted by Crippen LogP contribution is -2.34. The van der Waals surface area contributed by atoms with Gasteiger partial charge in [-0.1, -0.05) is 26.0 Å². The highest BCUT2D eigenvalue weighted by Gasteiger charge is 2.24.